The predicted octanol–water partition coefficient (Wildman–Crippen LogP) is 2.92. The number of nitrogens with zero attached hydrogens (tertiary/aromatic N) is 1. The van der Waals surface area contributed by atoms with Crippen LogP contribution in [0.15, 0.2) is 18.2 Å². The van der Waals surface area contributed by atoms with Crippen LogP contribution < -0.4 is 5.73 Å². The maximum absolute atomic E-state index is 14.1. The molecule has 0 aromatic heterocycles. The van der Waals surface area contributed by atoms with E-state index in [1.165, 1.54) is 0 Å². The van der Waals surface area contributed by atoms with Crippen molar-refractivity contribution in [1.82, 2.24) is 4.90 Å². The fourth-order valence-corrected chi connectivity index (χ4v) is 3.60. The Hall–Kier alpha value is -0.290. The summed E-state index contributed by atoms with van der Waals surface area (Å²) in [6, 6.07) is 5.06. The minimum Gasteiger partial charge on any atom is -0.329 e. The van der Waals surface area contributed by atoms with Crippen LogP contribution in [0.2, 0.25) is 5.02 Å². The minimum absolute atomic E-state index is 0.0768. The van der Waals surface area contributed by atoms with Crippen molar-refractivity contribution in [3.05, 3.63) is 34.6 Å². The van der Waals surface area contributed by atoms with Gasteiger partial charge in [-0.1, -0.05) is 30.7 Å². The maximum Gasteiger partial charge on any atom is 0.146 e. The van der Waals surface area contributed by atoms with E-state index in [1.807, 2.05) is 11.8 Å². The van der Waals surface area contributed by atoms with E-state index in [-0.39, 0.29) is 16.9 Å². The lowest BCUT2D eigenvalue weighted by molar-refractivity contribution is 0.207. The molecule has 1 aromatic carbocycles. The molecular formula is C13H18ClFN2S. The first-order valence-electron chi connectivity index (χ1n) is 6.13. The number of nitrogens with two attached hydrogens (primary N) is 1. The van der Waals surface area contributed by atoms with Crippen LogP contribution in [0, 0.1) is 5.82 Å². The van der Waals surface area contributed by atoms with Crippen molar-refractivity contribution in [1.29, 1.82) is 0 Å². The van der Waals surface area contributed by atoms with E-state index in [0.717, 1.165) is 18.8 Å². The van der Waals surface area contributed by atoms with Gasteiger partial charge in [0.05, 0.1) is 11.1 Å². The van der Waals surface area contributed by atoms with Crippen molar-refractivity contribution >= 4 is 23.4 Å². The summed E-state index contributed by atoms with van der Waals surface area (Å²) in [7, 11) is 0. The summed E-state index contributed by atoms with van der Waals surface area (Å²) in [4.78, 5) is 2.26. The summed E-state index contributed by atoms with van der Waals surface area (Å²) in [5, 5.41) is 0.737. The van der Waals surface area contributed by atoms with Crippen LogP contribution in [0.4, 0.5) is 4.39 Å². The molecule has 2 unspecified atom stereocenters. The summed E-state index contributed by atoms with van der Waals surface area (Å²) in [6.07, 6.45) is 0. The van der Waals surface area contributed by atoms with Gasteiger partial charge in [0.1, 0.15) is 5.82 Å². The fraction of sp³-hybridized carbons (Fsp3) is 0.538. The number of hydrogen-bond acceptors (Lipinski definition) is 3. The monoisotopic (exact) mass is 288 g/mol. The van der Waals surface area contributed by atoms with E-state index in [0.29, 0.717) is 17.4 Å². The molecule has 0 saturated carbocycles. The molecule has 1 heterocycles. The Kier molecular flexibility index (Phi) is 4.90. The lowest BCUT2D eigenvalue weighted by Crippen LogP contribution is -2.42. The molecule has 0 spiro atoms. The SMILES string of the molecule is CC1CN(C(CN)c2cccc(Cl)c2F)CCS1. The Balaban J connectivity index is 2.24. The molecule has 2 N–H and O–H groups in total. The molecule has 1 aliphatic heterocycles. The van der Waals surface area contributed by atoms with Crippen molar-refractivity contribution in [2.75, 3.05) is 25.4 Å². The summed E-state index contributed by atoms with van der Waals surface area (Å²) in [5.74, 6) is 0.736. The van der Waals surface area contributed by atoms with Crippen LogP contribution in [-0.2, 0) is 0 Å². The summed E-state index contributed by atoms with van der Waals surface area (Å²) < 4.78 is 14.1. The van der Waals surface area contributed by atoms with Gasteiger partial charge in [0.15, 0.2) is 0 Å². The normalized spacial score (nSPS) is 23.0. The highest BCUT2D eigenvalue weighted by atomic mass is 35.5. The zero-order chi connectivity index (χ0) is 13.1. The first-order chi connectivity index (χ1) is 8.63. The molecule has 18 heavy (non-hydrogen) atoms. The van der Waals surface area contributed by atoms with Crippen LogP contribution in [0.5, 0.6) is 0 Å². The molecule has 100 valence electrons. The van der Waals surface area contributed by atoms with Crippen LogP contribution >= 0.6 is 23.4 Å². The number of thioether (sulfide) groups is 1. The molecule has 2 rings (SSSR count). The van der Waals surface area contributed by atoms with Gasteiger partial charge in [-0.25, -0.2) is 4.39 Å². The van der Waals surface area contributed by atoms with Gasteiger partial charge in [-0.15, -0.1) is 0 Å². The summed E-state index contributed by atoms with van der Waals surface area (Å²) >= 11 is 7.79. The molecular weight excluding hydrogens is 271 g/mol. The largest absolute Gasteiger partial charge is 0.329 e. The number of hydrogen-bond donors (Lipinski definition) is 1. The lowest BCUT2D eigenvalue weighted by Gasteiger charge is -2.36. The van der Waals surface area contributed by atoms with Gasteiger partial charge in [0.25, 0.3) is 0 Å². The molecule has 2 atom stereocenters. The van der Waals surface area contributed by atoms with Crippen LogP contribution in [0.25, 0.3) is 0 Å². The topological polar surface area (TPSA) is 29.3 Å². The second-order valence-electron chi connectivity index (χ2n) is 4.57. The van der Waals surface area contributed by atoms with Gasteiger partial charge in [-0.2, -0.15) is 11.8 Å². The average Bonchev–Trinajstić information content (AvgIpc) is 2.35. The third-order valence-corrected chi connectivity index (χ3v) is 4.71. The van der Waals surface area contributed by atoms with Gasteiger partial charge in [-0.05, 0) is 6.07 Å². The number of benzene rings is 1. The van der Waals surface area contributed by atoms with E-state index >= 15 is 0 Å². The molecule has 1 aromatic rings. The average molecular weight is 289 g/mol. The first-order valence-corrected chi connectivity index (χ1v) is 7.55. The molecule has 1 fully saturated rings. The second kappa shape index (κ2) is 6.24. The lowest BCUT2D eigenvalue weighted by atomic mass is 10.0. The van der Waals surface area contributed by atoms with Gasteiger partial charge in [-0.3, -0.25) is 4.90 Å². The highest BCUT2D eigenvalue weighted by Gasteiger charge is 2.26. The molecule has 2 nitrogen and oxygen atoms in total. The van der Waals surface area contributed by atoms with Crippen molar-refractivity contribution < 1.29 is 4.39 Å². The van der Waals surface area contributed by atoms with Gasteiger partial charge in [0.2, 0.25) is 0 Å². The summed E-state index contributed by atoms with van der Waals surface area (Å²) in [6.45, 7) is 4.49. The van der Waals surface area contributed by atoms with E-state index in [4.69, 9.17) is 17.3 Å². The molecule has 1 aliphatic rings. The Morgan fingerprint density at radius 1 is 1.61 bits per heavy atom. The zero-order valence-corrected chi connectivity index (χ0v) is 12.0. The molecule has 5 heteroatoms. The third-order valence-electron chi connectivity index (χ3n) is 3.28. The fourth-order valence-electron chi connectivity index (χ4n) is 2.38. The summed E-state index contributed by atoms with van der Waals surface area (Å²) in [5.41, 5.74) is 6.46. The van der Waals surface area contributed by atoms with Crippen LogP contribution in [0.3, 0.4) is 0 Å². The van der Waals surface area contributed by atoms with E-state index in [9.17, 15) is 4.39 Å². The highest BCUT2D eigenvalue weighted by Crippen LogP contribution is 2.30. The zero-order valence-electron chi connectivity index (χ0n) is 10.4. The van der Waals surface area contributed by atoms with Gasteiger partial charge >= 0.3 is 0 Å². The second-order valence-corrected chi connectivity index (χ2v) is 6.52. The van der Waals surface area contributed by atoms with E-state index < -0.39 is 0 Å². The molecule has 1 saturated heterocycles. The van der Waals surface area contributed by atoms with Crippen molar-refractivity contribution in [2.45, 2.75) is 18.2 Å². The standard InChI is InChI=1S/C13H18ClFN2S/c1-9-8-17(5-6-18-9)12(7-16)10-3-2-4-11(14)13(10)15/h2-4,9,12H,5-8,16H2,1H3. The van der Waals surface area contributed by atoms with Crippen LogP contribution in [-0.4, -0.2) is 35.5 Å². The van der Waals surface area contributed by atoms with E-state index in [2.05, 4.69) is 11.8 Å². The smallest absolute Gasteiger partial charge is 0.146 e. The Bertz CT molecular complexity index is 416. The number of halogens is 2. The Morgan fingerprint density at radius 2 is 2.39 bits per heavy atom. The predicted molar refractivity (Wildman–Crippen MR) is 76.7 cm³/mol. The quantitative estimate of drug-likeness (QED) is 0.927. The Labute approximate surface area is 117 Å². The van der Waals surface area contributed by atoms with E-state index in [1.54, 1.807) is 18.2 Å². The molecule has 0 radical (unpaired) electrons. The molecule has 0 amide bonds. The van der Waals surface area contributed by atoms with Crippen molar-refractivity contribution in [3.63, 3.8) is 0 Å². The van der Waals surface area contributed by atoms with Gasteiger partial charge in [0, 0.05) is 36.2 Å². The van der Waals surface area contributed by atoms with Crippen LogP contribution in [0.1, 0.15) is 18.5 Å². The third kappa shape index (κ3) is 2.99. The van der Waals surface area contributed by atoms with Gasteiger partial charge < -0.3 is 5.73 Å². The molecule has 0 aliphatic carbocycles. The first kappa shape index (κ1) is 14.1. The minimum atomic E-state index is -0.333. The Morgan fingerprint density at radius 3 is 3.06 bits per heavy atom. The maximum atomic E-state index is 14.1. The van der Waals surface area contributed by atoms with Crippen molar-refractivity contribution in [2.24, 2.45) is 5.73 Å². The highest BCUT2D eigenvalue weighted by molar-refractivity contribution is 7.99. The number of rotatable bonds is 3. The molecule has 0 bridgehead atoms. The van der Waals surface area contributed by atoms with Crippen molar-refractivity contribution in [3.8, 4) is 0 Å².